The van der Waals surface area contributed by atoms with Gasteiger partial charge in [0, 0.05) is 44.0 Å². The van der Waals surface area contributed by atoms with Gasteiger partial charge in [0.25, 0.3) is 0 Å². The maximum atomic E-state index is 12.5. The summed E-state index contributed by atoms with van der Waals surface area (Å²) in [5.74, 6) is 2.22. The molecule has 4 rings (SSSR count). The third-order valence-corrected chi connectivity index (χ3v) is 6.43. The number of pyridine rings is 1. The average Bonchev–Trinajstić information content (AvgIpc) is 2.74. The Bertz CT molecular complexity index is 846. The molecule has 0 N–H and O–H groups in total. The van der Waals surface area contributed by atoms with Crippen LogP contribution in [0.15, 0.2) is 30.6 Å². The van der Waals surface area contributed by atoms with Crippen molar-refractivity contribution in [3.8, 4) is 0 Å². The number of likely N-dealkylation sites (tertiary alicyclic amines) is 1. The molecule has 29 heavy (non-hydrogen) atoms. The Morgan fingerprint density at radius 1 is 1.14 bits per heavy atom. The molecule has 2 aromatic rings. The van der Waals surface area contributed by atoms with Gasteiger partial charge in [0.1, 0.15) is 11.6 Å². The number of nitrogens with zero attached hydrogens (tertiary/aromatic N) is 5. The van der Waals surface area contributed by atoms with Crippen LogP contribution in [-0.2, 0) is 17.8 Å². The number of rotatable bonds is 5. The normalized spacial score (nSPS) is 19.0. The molecule has 0 unspecified atom stereocenters. The van der Waals surface area contributed by atoms with Gasteiger partial charge in [-0.25, -0.2) is 9.97 Å². The van der Waals surface area contributed by atoms with Gasteiger partial charge >= 0.3 is 0 Å². The second kappa shape index (κ2) is 8.47. The van der Waals surface area contributed by atoms with Crippen molar-refractivity contribution < 1.29 is 4.79 Å². The first-order valence-electron chi connectivity index (χ1n) is 10.8. The zero-order chi connectivity index (χ0) is 20.3. The van der Waals surface area contributed by atoms with Crippen LogP contribution in [0.25, 0.3) is 0 Å². The topological polar surface area (TPSA) is 62.2 Å². The van der Waals surface area contributed by atoms with E-state index < -0.39 is 0 Å². The molecule has 0 aromatic carbocycles. The SMILES string of the molecule is CCCc1cnc(C)nc1N1CCC2(CCC(=O)N(Cc3ccccn3)C2)CC1. The summed E-state index contributed by atoms with van der Waals surface area (Å²) in [4.78, 5) is 30.6. The van der Waals surface area contributed by atoms with Gasteiger partial charge in [-0.15, -0.1) is 0 Å². The summed E-state index contributed by atoms with van der Waals surface area (Å²) >= 11 is 0. The molecule has 1 spiro atoms. The van der Waals surface area contributed by atoms with E-state index in [1.165, 1.54) is 5.56 Å². The van der Waals surface area contributed by atoms with Crippen LogP contribution in [0, 0.1) is 12.3 Å². The Balaban J connectivity index is 1.44. The molecule has 154 valence electrons. The molecule has 2 saturated heterocycles. The van der Waals surface area contributed by atoms with Crippen molar-refractivity contribution in [2.45, 2.75) is 58.9 Å². The van der Waals surface area contributed by atoms with E-state index in [0.717, 1.165) is 69.1 Å². The second-order valence-electron chi connectivity index (χ2n) is 8.57. The number of hydrogen-bond donors (Lipinski definition) is 0. The summed E-state index contributed by atoms with van der Waals surface area (Å²) in [6.07, 6.45) is 9.78. The van der Waals surface area contributed by atoms with Gasteiger partial charge in [-0.2, -0.15) is 0 Å². The van der Waals surface area contributed by atoms with Gasteiger partial charge < -0.3 is 9.80 Å². The third-order valence-electron chi connectivity index (χ3n) is 6.43. The lowest BCUT2D eigenvalue weighted by molar-refractivity contribution is -0.139. The first-order valence-corrected chi connectivity index (χ1v) is 10.8. The number of aromatic nitrogens is 3. The Kier molecular flexibility index (Phi) is 5.79. The van der Waals surface area contributed by atoms with Crippen molar-refractivity contribution in [1.29, 1.82) is 0 Å². The molecule has 0 radical (unpaired) electrons. The van der Waals surface area contributed by atoms with Crippen molar-refractivity contribution in [1.82, 2.24) is 19.9 Å². The maximum Gasteiger partial charge on any atom is 0.222 e. The number of hydrogen-bond acceptors (Lipinski definition) is 5. The summed E-state index contributed by atoms with van der Waals surface area (Å²) < 4.78 is 0. The van der Waals surface area contributed by atoms with Crippen molar-refractivity contribution in [2.24, 2.45) is 5.41 Å². The quantitative estimate of drug-likeness (QED) is 0.777. The molecule has 0 atom stereocenters. The Morgan fingerprint density at radius 2 is 1.97 bits per heavy atom. The van der Waals surface area contributed by atoms with Crippen LogP contribution in [0.2, 0.25) is 0 Å². The van der Waals surface area contributed by atoms with E-state index in [9.17, 15) is 4.79 Å². The minimum atomic E-state index is 0.228. The van der Waals surface area contributed by atoms with Gasteiger partial charge in [0.2, 0.25) is 5.91 Å². The Labute approximate surface area is 173 Å². The van der Waals surface area contributed by atoms with Crippen LogP contribution in [0.1, 0.15) is 56.1 Å². The summed E-state index contributed by atoms with van der Waals surface area (Å²) in [5.41, 5.74) is 2.45. The lowest BCUT2D eigenvalue weighted by atomic mass is 9.72. The van der Waals surface area contributed by atoms with Gasteiger partial charge in [0.05, 0.1) is 12.2 Å². The average molecular weight is 394 g/mol. The van der Waals surface area contributed by atoms with Crippen molar-refractivity contribution >= 4 is 11.7 Å². The number of carbonyl (C=O) groups excluding carboxylic acids is 1. The number of anilines is 1. The Morgan fingerprint density at radius 3 is 2.69 bits per heavy atom. The fourth-order valence-corrected chi connectivity index (χ4v) is 4.74. The highest BCUT2D eigenvalue weighted by Crippen LogP contribution is 2.41. The van der Waals surface area contributed by atoms with E-state index in [1.54, 1.807) is 6.20 Å². The highest BCUT2D eigenvalue weighted by molar-refractivity contribution is 5.77. The number of aryl methyl sites for hydroxylation is 2. The lowest BCUT2D eigenvalue weighted by Gasteiger charge is -2.47. The first kappa shape index (κ1) is 19.8. The summed E-state index contributed by atoms with van der Waals surface area (Å²) in [6.45, 7) is 7.63. The van der Waals surface area contributed by atoms with Crippen LogP contribution in [-0.4, -0.2) is 45.4 Å². The molecule has 2 fully saturated rings. The molecular formula is C23H31N5O. The highest BCUT2D eigenvalue weighted by atomic mass is 16.2. The zero-order valence-electron chi connectivity index (χ0n) is 17.6. The van der Waals surface area contributed by atoms with Gasteiger partial charge in [-0.05, 0) is 50.2 Å². The van der Waals surface area contributed by atoms with Gasteiger partial charge in [-0.1, -0.05) is 19.4 Å². The molecule has 2 aliphatic rings. The molecule has 6 heteroatoms. The van der Waals surface area contributed by atoms with Crippen LogP contribution >= 0.6 is 0 Å². The predicted molar refractivity (Wildman–Crippen MR) is 114 cm³/mol. The molecule has 0 saturated carbocycles. The van der Waals surface area contributed by atoms with E-state index >= 15 is 0 Å². The van der Waals surface area contributed by atoms with Crippen molar-refractivity contribution in [3.05, 3.63) is 47.7 Å². The number of amides is 1. The number of carbonyl (C=O) groups is 1. The van der Waals surface area contributed by atoms with E-state index in [-0.39, 0.29) is 11.3 Å². The standard InChI is InChI=1S/C23H31N5O/c1-3-6-19-15-25-18(2)26-22(19)27-13-10-23(11-14-27)9-8-21(29)28(17-23)16-20-7-4-5-12-24-20/h4-5,7,12,15H,3,6,8-11,13-14,16-17H2,1-2H3. The summed E-state index contributed by atoms with van der Waals surface area (Å²) in [5, 5.41) is 0. The van der Waals surface area contributed by atoms with Crippen LogP contribution in [0.3, 0.4) is 0 Å². The smallest absolute Gasteiger partial charge is 0.222 e. The van der Waals surface area contributed by atoms with Gasteiger partial charge in [0.15, 0.2) is 0 Å². The second-order valence-corrected chi connectivity index (χ2v) is 8.57. The zero-order valence-corrected chi connectivity index (χ0v) is 17.6. The summed E-state index contributed by atoms with van der Waals surface area (Å²) in [7, 11) is 0. The van der Waals surface area contributed by atoms with E-state index in [1.807, 2.05) is 36.2 Å². The van der Waals surface area contributed by atoms with E-state index in [0.29, 0.717) is 13.0 Å². The summed E-state index contributed by atoms with van der Waals surface area (Å²) in [6, 6.07) is 5.91. The minimum absolute atomic E-state index is 0.228. The molecule has 4 heterocycles. The van der Waals surface area contributed by atoms with Gasteiger partial charge in [-0.3, -0.25) is 9.78 Å². The molecule has 2 aliphatic heterocycles. The molecular weight excluding hydrogens is 362 g/mol. The maximum absolute atomic E-state index is 12.5. The lowest BCUT2D eigenvalue weighted by Crippen LogP contribution is -2.51. The minimum Gasteiger partial charge on any atom is -0.356 e. The van der Waals surface area contributed by atoms with Crippen molar-refractivity contribution in [3.63, 3.8) is 0 Å². The molecule has 0 aliphatic carbocycles. The van der Waals surface area contributed by atoms with E-state index in [2.05, 4.69) is 21.8 Å². The van der Waals surface area contributed by atoms with Crippen LogP contribution < -0.4 is 4.90 Å². The first-order chi connectivity index (χ1) is 14.1. The molecule has 6 nitrogen and oxygen atoms in total. The van der Waals surface area contributed by atoms with Crippen LogP contribution in [0.5, 0.6) is 0 Å². The third kappa shape index (κ3) is 4.41. The van der Waals surface area contributed by atoms with E-state index in [4.69, 9.17) is 4.98 Å². The largest absolute Gasteiger partial charge is 0.356 e. The highest BCUT2D eigenvalue weighted by Gasteiger charge is 2.41. The number of piperidine rings is 2. The molecule has 0 bridgehead atoms. The molecule has 2 aromatic heterocycles. The van der Waals surface area contributed by atoms with Crippen molar-refractivity contribution in [2.75, 3.05) is 24.5 Å². The Hall–Kier alpha value is -2.50. The monoisotopic (exact) mass is 393 g/mol. The fraction of sp³-hybridized carbons (Fsp3) is 0.565. The van der Waals surface area contributed by atoms with Crippen LogP contribution in [0.4, 0.5) is 5.82 Å². The predicted octanol–water partition coefficient (Wildman–Crippen LogP) is 3.54. The molecule has 1 amide bonds. The fourth-order valence-electron chi connectivity index (χ4n) is 4.74.